The third-order valence-electron chi connectivity index (χ3n) is 7.81. The number of carbonyl (C=O) groups excluding carboxylic acids is 1. The molecule has 32 heavy (non-hydrogen) atoms. The molecule has 0 bridgehead atoms. The van der Waals surface area contributed by atoms with Crippen LogP contribution in [-0.2, 0) is 14.9 Å². The summed E-state index contributed by atoms with van der Waals surface area (Å²) < 4.78 is 5.59. The zero-order chi connectivity index (χ0) is 22.2. The Morgan fingerprint density at radius 2 is 2.12 bits per heavy atom. The van der Waals surface area contributed by atoms with Crippen molar-refractivity contribution in [1.82, 2.24) is 4.98 Å². The summed E-state index contributed by atoms with van der Waals surface area (Å²) in [6.45, 7) is 6.16. The number of hydrogen-bond acceptors (Lipinski definition) is 4. The molecular weight excluding hydrogens is 406 g/mol. The molecule has 1 aromatic heterocycles. The molecule has 0 radical (unpaired) electrons. The van der Waals surface area contributed by atoms with E-state index in [-0.39, 0.29) is 17.4 Å². The van der Waals surface area contributed by atoms with Crippen molar-refractivity contribution in [2.45, 2.75) is 51.0 Å². The highest BCUT2D eigenvalue weighted by molar-refractivity contribution is 6.37. The molecule has 3 N–H and O–H groups in total. The largest absolute Gasteiger partial charge is 0.478 e. The van der Waals surface area contributed by atoms with Gasteiger partial charge in [-0.3, -0.25) is 4.79 Å². The minimum absolute atomic E-state index is 0.103. The number of allylic oxidation sites excluding steroid dienone is 1. The highest BCUT2D eigenvalue weighted by Gasteiger charge is 2.51. The number of aromatic amines is 1. The Labute approximate surface area is 186 Å². The van der Waals surface area contributed by atoms with Gasteiger partial charge in [-0.25, -0.2) is 4.79 Å². The van der Waals surface area contributed by atoms with Crippen LogP contribution >= 0.6 is 0 Å². The van der Waals surface area contributed by atoms with Crippen LogP contribution in [-0.4, -0.2) is 47.8 Å². The Hall–Kier alpha value is -3.06. The van der Waals surface area contributed by atoms with Gasteiger partial charge in [0, 0.05) is 46.3 Å². The number of amides is 1. The molecule has 7 heteroatoms. The minimum atomic E-state index is -0.891. The number of carboxylic acid groups (broad SMARTS) is 1. The first-order chi connectivity index (χ1) is 15.4. The first kappa shape index (κ1) is 19.6. The van der Waals surface area contributed by atoms with Gasteiger partial charge in [0.05, 0.1) is 24.4 Å². The summed E-state index contributed by atoms with van der Waals surface area (Å²) in [6.07, 6.45) is 3.74. The second-order valence-electron chi connectivity index (χ2n) is 9.65. The van der Waals surface area contributed by atoms with Crippen molar-refractivity contribution in [1.29, 1.82) is 0 Å². The van der Waals surface area contributed by atoms with E-state index in [1.165, 1.54) is 0 Å². The van der Waals surface area contributed by atoms with Crippen molar-refractivity contribution >= 4 is 34.4 Å². The molecule has 2 aliphatic carbocycles. The molecular formula is C25H27N3O4. The van der Waals surface area contributed by atoms with Gasteiger partial charge in [0.2, 0.25) is 0 Å². The molecule has 6 rings (SSSR count). The van der Waals surface area contributed by atoms with E-state index in [1.54, 1.807) is 0 Å². The van der Waals surface area contributed by atoms with Crippen molar-refractivity contribution in [2.75, 3.05) is 30.0 Å². The summed E-state index contributed by atoms with van der Waals surface area (Å²) in [6, 6.07) is 6.42. The van der Waals surface area contributed by atoms with Crippen LogP contribution in [0.15, 0.2) is 18.2 Å². The number of nitrogens with one attached hydrogen (secondary N) is 2. The number of benzene rings is 1. The van der Waals surface area contributed by atoms with E-state index in [2.05, 4.69) is 34.3 Å². The molecule has 7 nitrogen and oxygen atoms in total. The molecule has 2 fully saturated rings. The first-order valence-electron chi connectivity index (χ1n) is 11.4. The molecule has 4 aliphatic rings. The number of anilines is 2. The van der Waals surface area contributed by atoms with E-state index in [1.807, 2.05) is 13.0 Å². The van der Waals surface area contributed by atoms with Crippen LogP contribution in [0.4, 0.5) is 11.4 Å². The number of ether oxygens (including phenoxy) is 1. The maximum absolute atomic E-state index is 13.2. The summed E-state index contributed by atoms with van der Waals surface area (Å²) in [5.74, 6) is -0.994. The average Bonchev–Trinajstić information content (AvgIpc) is 3.34. The lowest BCUT2D eigenvalue weighted by atomic mass is 9.64. The molecule has 1 aromatic carbocycles. The number of H-pyrrole nitrogens is 1. The quantitative estimate of drug-likeness (QED) is 0.624. The molecule has 0 unspecified atom stereocenters. The number of rotatable bonds is 2. The lowest BCUT2D eigenvalue weighted by Crippen LogP contribution is -2.43. The Morgan fingerprint density at radius 1 is 1.31 bits per heavy atom. The number of carboxylic acids is 1. The normalized spacial score (nSPS) is 25.5. The number of aromatic carboxylic acids is 1. The maximum Gasteiger partial charge on any atom is 0.337 e. The van der Waals surface area contributed by atoms with Gasteiger partial charge in [-0.2, -0.15) is 0 Å². The SMILES string of the molecule is Cc1[nH]c2c(c1C(=O)O)C1(CCC1)C/C2=C1/C(=O)Nc2ccc(N3CCOC[C@H]3C)cc21. The Kier molecular flexibility index (Phi) is 4.12. The molecule has 1 atom stereocenters. The maximum atomic E-state index is 13.2. The van der Waals surface area contributed by atoms with Gasteiger partial charge in [0.25, 0.3) is 5.91 Å². The Bertz CT molecular complexity index is 1200. The van der Waals surface area contributed by atoms with Gasteiger partial charge in [-0.15, -0.1) is 0 Å². The van der Waals surface area contributed by atoms with E-state index < -0.39 is 5.97 Å². The number of morpholine rings is 1. The van der Waals surface area contributed by atoms with Crippen LogP contribution in [0.3, 0.4) is 0 Å². The molecule has 1 spiro atoms. The van der Waals surface area contributed by atoms with E-state index in [4.69, 9.17) is 4.74 Å². The van der Waals surface area contributed by atoms with Gasteiger partial charge in [-0.1, -0.05) is 6.42 Å². The van der Waals surface area contributed by atoms with Gasteiger partial charge in [0.1, 0.15) is 0 Å². The van der Waals surface area contributed by atoms with Crippen molar-refractivity contribution in [3.8, 4) is 0 Å². The van der Waals surface area contributed by atoms with Crippen LogP contribution < -0.4 is 10.2 Å². The minimum Gasteiger partial charge on any atom is -0.478 e. The van der Waals surface area contributed by atoms with E-state index in [0.717, 1.165) is 66.0 Å². The first-order valence-corrected chi connectivity index (χ1v) is 11.4. The molecule has 3 heterocycles. The van der Waals surface area contributed by atoms with Crippen molar-refractivity contribution < 1.29 is 19.4 Å². The fourth-order valence-corrected chi connectivity index (χ4v) is 6.15. The van der Waals surface area contributed by atoms with Gasteiger partial charge >= 0.3 is 5.97 Å². The lowest BCUT2D eigenvalue weighted by molar-refractivity contribution is -0.110. The Balaban J connectivity index is 1.53. The van der Waals surface area contributed by atoms with E-state index in [9.17, 15) is 14.7 Å². The highest BCUT2D eigenvalue weighted by atomic mass is 16.5. The fraction of sp³-hybridized carbons (Fsp3) is 0.440. The molecule has 2 aromatic rings. The number of hydrogen-bond donors (Lipinski definition) is 3. The number of carbonyl (C=O) groups is 2. The number of aromatic nitrogens is 1. The van der Waals surface area contributed by atoms with Crippen LogP contribution in [0.1, 0.15) is 65.5 Å². The predicted octanol–water partition coefficient (Wildman–Crippen LogP) is 3.93. The second kappa shape index (κ2) is 6.72. The number of nitrogens with zero attached hydrogens (tertiary/aromatic N) is 1. The van der Waals surface area contributed by atoms with Crippen LogP contribution in [0.25, 0.3) is 11.1 Å². The molecule has 1 amide bonds. The van der Waals surface area contributed by atoms with Crippen molar-refractivity contribution in [3.05, 3.63) is 46.3 Å². The summed E-state index contributed by atoms with van der Waals surface area (Å²) in [7, 11) is 0. The predicted molar refractivity (Wildman–Crippen MR) is 122 cm³/mol. The van der Waals surface area contributed by atoms with Gasteiger partial charge in [-0.05, 0) is 62.4 Å². The zero-order valence-electron chi connectivity index (χ0n) is 18.4. The Morgan fingerprint density at radius 3 is 2.81 bits per heavy atom. The summed E-state index contributed by atoms with van der Waals surface area (Å²) in [5.41, 5.74) is 7.12. The topological polar surface area (TPSA) is 94.7 Å². The third-order valence-corrected chi connectivity index (χ3v) is 7.81. The second-order valence-corrected chi connectivity index (χ2v) is 9.65. The van der Waals surface area contributed by atoms with Gasteiger partial charge in [0.15, 0.2) is 0 Å². The number of aryl methyl sites for hydroxylation is 1. The molecule has 166 valence electrons. The fourth-order valence-electron chi connectivity index (χ4n) is 6.15. The standard InChI is InChI=1S/C25H27N3O4/c1-13-12-32-9-8-28(13)15-4-5-18-16(10-15)20(23(29)27-18)17-11-25(6-3-7-25)21-19(24(30)31)14(2)26-22(17)21/h4-5,10,13,26H,3,6-9,11-12H2,1-2H3,(H,27,29)(H,30,31)/b20-17-/t13-/m1/s1. The smallest absolute Gasteiger partial charge is 0.337 e. The average molecular weight is 434 g/mol. The highest BCUT2D eigenvalue weighted by Crippen LogP contribution is 2.60. The summed E-state index contributed by atoms with van der Waals surface area (Å²) in [5, 5.41) is 12.9. The van der Waals surface area contributed by atoms with E-state index >= 15 is 0 Å². The summed E-state index contributed by atoms with van der Waals surface area (Å²) >= 11 is 0. The molecule has 1 saturated carbocycles. The van der Waals surface area contributed by atoms with Crippen molar-refractivity contribution in [3.63, 3.8) is 0 Å². The number of fused-ring (bicyclic) bond motifs is 3. The van der Waals surface area contributed by atoms with Crippen LogP contribution in [0, 0.1) is 6.92 Å². The van der Waals surface area contributed by atoms with Crippen LogP contribution in [0.2, 0.25) is 0 Å². The zero-order valence-corrected chi connectivity index (χ0v) is 18.4. The summed E-state index contributed by atoms with van der Waals surface area (Å²) in [4.78, 5) is 30.9. The molecule has 1 saturated heterocycles. The van der Waals surface area contributed by atoms with Crippen molar-refractivity contribution in [2.24, 2.45) is 0 Å². The van der Waals surface area contributed by atoms with Crippen LogP contribution in [0.5, 0.6) is 0 Å². The molecule has 2 aliphatic heterocycles. The monoisotopic (exact) mass is 433 g/mol. The van der Waals surface area contributed by atoms with E-state index in [0.29, 0.717) is 30.0 Å². The third kappa shape index (κ3) is 2.57. The van der Waals surface area contributed by atoms with Gasteiger partial charge < -0.3 is 25.0 Å². The lowest BCUT2D eigenvalue weighted by Gasteiger charge is -2.39.